The van der Waals surface area contributed by atoms with Gasteiger partial charge in [-0.05, 0) is 56.4 Å². The Bertz CT molecular complexity index is 706. The third kappa shape index (κ3) is 4.92. The Balaban J connectivity index is 1.30. The highest BCUT2D eigenvalue weighted by molar-refractivity contribution is 5.94. The van der Waals surface area contributed by atoms with Crippen molar-refractivity contribution in [2.45, 2.75) is 57.1 Å². The second-order valence-electron chi connectivity index (χ2n) is 8.54. The monoisotopic (exact) mass is 400 g/mol. The molecule has 2 heterocycles. The zero-order chi connectivity index (χ0) is 20.2. The van der Waals surface area contributed by atoms with Crippen molar-refractivity contribution in [1.82, 2.24) is 9.80 Å². The number of methoxy groups -OCH3 is 1. The normalized spacial score (nSPS) is 23.1. The number of nitrogens with zero attached hydrogens (tertiary/aromatic N) is 2. The summed E-state index contributed by atoms with van der Waals surface area (Å²) in [5.41, 5.74) is 0.699. The molecule has 3 aliphatic rings. The summed E-state index contributed by atoms with van der Waals surface area (Å²) in [5, 5.41) is 0. The van der Waals surface area contributed by atoms with Gasteiger partial charge in [-0.3, -0.25) is 9.59 Å². The van der Waals surface area contributed by atoms with Crippen LogP contribution in [-0.2, 0) is 9.53 Å². The minimum absolute atomic E-state index is 0.0743. The summed E-state index contributed by atoms with van der Waals surface area (Å²) in [7, 11) is 1.69. The van der Waals surface area contributed by atoms with Crippen molar-refractivity contribution in [3.8, 4) is 5.75 Å². The minimum Gasteiger partial charge on any atom is -0.490 e. The summed E-state index contributed by atoms with van der Waals surface area (Å²) < 4.78 is 11.4. The standard InChI is InChI=1S/C23H32N2O4/c1-28-16-19-4-2-3-13-25(19)23(27)18-7-9-20(10-8-18)29-21-11-14-24(15-12-21)22(26)17-5-6-17/h7-10,17,19,21H,2-6,11-16H2,1H3/t19-/m0/s1. The molecule has 0 unspecified atom stereocenters. The fourth-order valence-electron chi connectivity index (χ4n) is 4.45. The zero-order valence-corrected chi connectivity index (χ0v) is 17.3. The fourth-order valence-corrected chi connectivity index (χ4v) is 4.45. The molecule has 2 aliphatic heterocycles. The maximum atomic E-state index is 12.9. The van der Waals surface area contributed by atoms with Gasteiger partial charge in [0.15, 0.2) is 0 Å². The van der Waals surface area contributed by atoms with E-state index in [1.807, 2.05) is 34.1 Å². The topological polar surface area (TPSA) is 59.1 Å². The Morgan fingerprint density at radius 1 is 0.966 bits per heavy atom. The molecule has 6 heteroatoms. The summed E-state index contributed by atoms with van der Waals surface area (Å²) in [5.74, 6) is 1.49. The van der Waals surface area contributed by atoms with Crippen LogP contribution in [-0.4, -0.2) is 67.1 Å². The van der Waals surface area contributed by atoms with Crippen LogP contribution in [0, 0.1) is 5.92 Å². The van der Waals surface area contributed by atoms with E-state index in [1.54, 1.807) is 7.11 Å². The van der Waals surface area contributed by atoms with Crippen LogP contribution in [0.15, 0.2) is 24.3 Å². The van der Waals surface area contributed by atoms with E-state index in [1.165, 1.54) is 0 Å². The molecule has 0 radical (unpaired) electrons. The van der Waals surface area contributed by atoms with E-state index in [0.29, 0.717) is 24.0 Å². The van der Waals surface area contributed by atoms with Crippen LogP contribution in [0.1, 0.15) is 55.3 Å². The largest absolute Gasteiger partial charge is 0.490 e. The highest BCUT2D eigenvalue weighted by Gasteiger charge is 2.35. The molecular formula is C23H32N2O4. The molecule has 0 bridgehead atoms. The molecule has 1 aromatic carbocycles. The molecular weight excluding hydrogens is 368 g/mol. The summed E-state index contributed by atoms with van der Waals surface area (Å²) in [6.07, 6.45) is 7.19. The fraction of sp³-hybridized carbons (Fsp3) is 0.652. The van der Waals surface area contributed by atoms with Gasteiger partial charge in [0.1, 0.15) is 11.9 Å². The molecule has 158 valence electrons. The average Bonchev–Trinajstić information content (AvgIpc) is 3.60. The van der Waals surface area contributed by atoms with Gasteiger partial charge in [0, 0.05) is 51.1 Å². The van der Waals surface area contributed by atoms with Gasteiger partial charge in [0.25, 0.3) is 5.91 Å². The van der Waals surface area contributed by atoms with Crippen molar-refractivity contribution in [2.24, 2.45) is 5.92 Å². The van der Waals surface area contributed by atoms with Gasteiger partial charge in [0.05, 0.1) is 12.6 Å². The molecule has 1 aromatic rings. The maximum absolute atomic E-state index is 12.9. The predicted molar refractivity (Wildman–Crippen MR) is 110 cm³/mol. The van der Waals surface area contributed by atoms with E-state index in [9.17, 15) is 9.59 Å². The molecule has 2 saturated heterocycles. The smallest absolute Gasteiger partial charge is 0.254 e. The number of amides is 2. The molecule has 0 N–H and O–H groups in total. The van der Waals surface area contributed by atoms with Crippen molar-refractivity contribution in [3.63, 3.8) is 0 Å². The van der Waals surface area contributed by atoms with E-state index >= 15 is 0 Å². The quantitative estimate of drug-likeness (QED) is 0.736. The Morgan fingerprint density at radius 3 is 2.34 bits per heavy atom. The summed E-state index contributed by atoms with van der Waals surface area (Å²) in [4.78, 5) is 29.0. The number of hydrogen-bond acceptors (Lipinski definition) is 4. The first kappa shape index (κ1) is 20.2. The van der Waals surface area contributed by atoms with E-state index in [2.05, 4.69) is 0 Å². The van der Waals surface area contributed by atoms with E-state index < -0.39 is 0 Å². The van der Waals surface area contributed by atoms with Crippen LogP contribution >= 0.6 is 0 Å². The molecule has 4 rings (SSSR count). The van der Waals surface area contributed by atoms with Gasteiger partial charge in [-0.15, -0.1) is 0 Å². The van der Waals surface area contributed by atoms with Crippen molar-refractivity contribution in [2.75, 3.05) is 33.4 Å². The first-order valence-corrected chi connectivity index (χ1v) is 11.0. The van der Waals surface area contributed by atoms with Crippen molar-refractivity contribution in [1.29, 1.82) is 0 Å². The second kappa shape index (κ2) is 9.16. The number of carbonyl (C=O) groups excluding carboxylic acids is 2. The summed E-state index contributed by atoms with van der Waals surface area (Å²) >= 11 is 0. The molecule has 29 heavy (non-hydrogen) atoms. The first-order chi connectivity index (χ1) is 14.2. The molecule has 1 saturated carbocycles. The third-order valence-corrected chi connectivity index (χ3v) is 6.33. The Hall–Kier alpha value is -2.08. The minimum atomic E-state index is 0.0743. The van der Waals surface area contributed by atoms with Gasteiger partial charge in [-0.25, -0.2) is 0 Å². The molecule has 0 aromatic heterocycles. The van der Waals surface area contributed by atoms with Crippen LogP contribution in [0.4, 0.5) is 0 Å². The van der Waals surface area contributed by atoms with Gasteiger partial charge >= 0.3 is 0 Å². The number of likely N-dealkylation sites (tertiary alicyclic amines) is 2. The van der Waals surface area contributed by atoms with Crippen molar-refractivity contribution >= 4 is 11.8 Å². The number of benzene rings is 1. The maximum Gasteiger partial charge on any atom is 0.254 e. The second-order valence-corrected chi connectivity index (χ2v) is 8.54. The van der Waals surface area contributed by atoms with Crippen molar-refractivity contribution in [3.05, 3.63) is 29.8 Å². The Kier molecular flexibility index (Phi) is 6.38. The molecule has 6 nitrogen and oxygen atoms in total. The van der Waals surface area contributed by atoms with Gasteiger partial charge in [-0.1, -0.05) is 0 Å². The zero-order valence-electron chi connectivity index (χ0n) is 17.3. The summed E-state index contributed by atoms with van der Waals surface area (Å²) in [6.45, 7) is 2.96. The Labute approximate surface area is 173 Å². The van der Waals surface area contributed by atoms with Crippen LogP contribution in [0.5, 0.6) is 5.75 Å². The first-order valence-electron chi connectivity index (χ1n) is 11.0. The van der Waals surface area contributed by atoms with E-state index in [-0.39, 0.29) is 18.1 Å². The van der Waals surface area contributed by atoms with Gasteiger partial charge in [-0.2, -0.15) is 0 Å². The lowest BCUT2D eigenvalue weighted by Gasteiger charge is -2.35. The lowest BCUT2D eigenvalue weighted by atomic mass is 10.0. The van der Waals surface area contributed by atoms with Crippen LogP contribution < -0.4 is 4.74 Å². The molecule has 1 aliphatic carbocycles. The molecule has 0 spiro atoms. The number of carbonyl (C=O) groups is 2. The SMILES string of the molecule is COC[C@@H]1CCCCN1C(=O)c1ccc(OC2CCN(C(=O)C3CC3)CC2)cc1. The van der Waals surface area contributed by atoms with Crippen LogP contribution in [0.3, 0.4) is 0 Å². The molecule has 2 amide bonds. The summed E-state index contributed by atoms with van der Waals surface area (Å²) in [6, 6.07) is 7.68. The number of ether oxygens (including phenoxy) is 2. The lowest BCUT2D eigenvalue weighted by molar-refractivity contribution is -0.134. The Morgan fingerprint density at radius 2 is 1.69 bits per heavy atom. The number of rotatable bonds is 6. The average molecular weight is 401 g/mol. The van der Waals surface area contributed by atoms with Crippen molar-refractivity contribution < 1.29 is 19.1 Å². The van der Waals surface area contributed by atoms with Gasteiger partial charge in [0.2, 0.25) is 5.91 Å². The molecule has 3 fully saturated rings. The highest BCUT2D eigenvalue weighted by atomic mass is 16.5. The third-order valence-electron chi connectivity index (χ3n) is 6.33. The highest BCUT2D eigenvalue weighted by Crippen LogP contribution is 2.32. The van der Waals surface area contributed by atoms with E-state index in [0.717, 1.165) is 70.3 Å². The predicted octanol–water partition coefficient (Wildman–Crippen LogP) is 3.11. The van der Waals surface area contributed by atoms with E-state index in [4.69, 9.17) is 9.47 Å². The number of piperidine rings is 2. The molecule has 1 atom stereocenters. The van der Waals surface area contributed by atoms with Gasteiger partial charge < -0.3 is 19.3 Å². The van der Waals surface area contributed by atoms with Crippen LogP contribution in [0.2, 0.25) is 0 Å². The number of hydrogen-bond donors (Lipinski definition) is 0. The van der Waals surface area contributed by atoms with Crippen LogP contribution in [0.25, 0.3) is 0 Å². The lowest BCUT2D eigenvalue weighted by Crippen LogP contribution is -2.46.